The second-order valence-corrected chi connectivity index (χ2v) is 5.20. The van der Waals surface area contributed by atoms with Crippen molar-refractivity contribution in [1.29, 1.82) is 0 Å². The van der Waals surface area contributed by atoms with E-state index in [1.54, 1.807) is 19.9 Å². The molecule has 0 saturated heterocycles. The van der Waals surface area contributed by atoms with Crippen LogP contribution in [0.2, 0.25) is 0 Å². The summed E-state index contributed by atoms with van der Waals surface area (Å²) in [4.78, 5) is 37.2. The van der Waals surface area contributed by atoms with Crippen molar-refractivity contribution >= 4 is 17.9 Å². The molecule has 0 radical (unpaired) electrons. The molecule has 2 bridgehead atoms. The molecule has 6 nitrogen and oxygen atoms in total. The lowest BCUT2D eigenvalue weighted by Gasteiger charge is -2.35. The topological polar surface area (TPSA) is 78.9 Å². The van der Waals surface area contributed by atoms with Gasteiger partial charge < -0.3 is 14.2 Å². The Bertz CT molecular complexity index is 463. The summed E-state index contributed by atoms with van der Waals surface area (Å²) in [6, 6.07) is 0. The van der Waals surface area contributed by atoms with Crippen molar-refractivity contribution in [1.82, 2.24) is 0 Å². The SMILES string of the molecule is CCOC(=O)C1(C(=O)OCC)[C@@H]2C=C[C@@H](C2)[C@@H]1C(=O)OC. The Morgan fingerprint density at radius 2 is 1.67 bits per heavy atom. The van der Waals surface area contributed by atoms with Gasteiger partial charge in [0, 0.05) is 5.92 Å². The van der Waals surface area contributed by atoms with Crippen LogP contribution < -0.4 is 0 Å². The average Bonchev–Trinajstić information content (AvgIpc) is 3.06. The lowest BCUT2D eigenvalue weighted by atomic mass is 9.68. The summed E-state index contributed by atoms with van der Waals surface area (Å²) in [5.74, 6) is -3.43. The van der Waals surface area contributed by atoms with E-state index in [1.807, 2.05) is 6.08 Å². The van der Waals surface area contributed by atoms with Crippen molar-refractivity contribution in [2.75, 3.05) is 20.3 Å². The van der Waals surface area contributed by atoms with Gasteiger partial charge in [0.25, 0.3) is 0 Å². The summed E-state index contributed by atoms with van der Waals surface area (Å²) >= 11 is 0. The Morgan fingerprint density at radius 3 is 2.14 bits per heavy atom. The molecule has 1 saturated carbocycles. The van der Waals surface area contributed by atoms with Crippen LogP contribution in [0.1, 0.15) is 20.3 Å². The number of hydrogen-bond donors (Lipinski definition) is 0. The minimum absolute atomic E-state index is 0.134. The first-order valence-electron chi connectivity index (χ1n) is 7.14. The number of hydrogen-bond acceptors (Lipinski definition) is 6. The largest absolute Gasteiger partial charge is 0.469 e. The molecule has 6 heteroatoms. The van der Waals surface area contributed by atoms with E-state index in [0.29, 0.717) is 6.42 Å². The van der Waals surface area contributed by atoms with Gasteiger partial charge in [-0.1, -0.05) is 12.2 Å². The fraction of sp³-hybridized carbons (Fsp3) is 0.667. The zero-order chi connectivity index (χ0) is 15.6. The Labute approximate surface area is 123 Å². The molecule has 0 spiro atoms. The fourth-order valence-electron chi connectivity index (χ4n) is 3.51. The van der Waals surface area contributed by atoms with Gasteiger partial charge in [0.2, 0.25) is 0 Å². The predicted octanol–water partition coefficient (Wildman–Crippen LogP) is 1.09. The smallest absolute Gasteiger partial charge is 0.325 e. The first-order valence-corrected chi connectivity index (χ1v) is 7.14. The van der Waals surface area contributed by atoms with E-state index in [2.05, 4.69) is 0 Å². The minimum atomic E-state index is -1.61. The predicted molar refractivity (Wildman–Crippen MR) is 71.9 cm³/mol. The van der Waals surface area contributed by atoms with Gasteiger partial charge in [-0.15, -0.1) is 0 Å². The molecular weight excluding hydrogens is 276 g/mol. The fourth-order valence-corrected chi connectivity index (χ4v) is 3.51. The van der Waals surface area contributed by atoms with Gasteiger partial charge in [0.05, 0.1) is 26.2 Å². The standard InChI is InChI=1S/C15H20O6/c1-4-20-13(17)15(14(18)21-5-2)10-7-6-9(8-10)11(15)12(16)19-3/h6-7,9-11H,4-5,8H2,1-3H3/t9-,10+,11+/m0/s1. The first kappa shape index (κ1) is 15.5. The quantitative estimate of drug-likeness (QED) is 0.327. The normalized spacial score (nSPS) is 28.2. The number of carbonyl (C=O) groups is 3. The summed E-state index contributed by atoms with van der Waals surface area (Å²) in [5.41, 5.74) is -1.61. The molecule has 2 rings (SSSR count). The van der Waals surface area contributed by atoms with Gasteiger partial charge >= 0.3 is 17.9 Å². The van der Waals surface area contributed by atoms with Crippen LogP contribution in [0.5, 0.6) is 0 Å². The van der Waals surface area contributed by atoms with Crippen molar-refractivity contribution in [3.05, 3.63) is 12.2 Å². The summed E-state index contributed by atoms with van der Waals surface area (Å²) < 4.78 is 15.0. The average molecular weight is 296 g/mol. The lowest BCUT2D eigenvalue weighted by Crippen LogP contribution is -2.53. The van der Waals surface area contributed by atoms with E-state index in [1.165, 1.54) is 7.11 Å². The molecule has 0 amide bonds. The van der Waals surface area contributed by atoms with E-state index in [4.69, 9.17) is 14.2 Å². The van der Waals surface area contributed by atoms with Gasteiger partial charge in [0.1, 0.15) is 0 Å². The van der Waals surface area contributed by atoms with Gasteiger partial charge in [-0.25, -0.2) is 0 Å². The number of allylic oxidation sites excluding steroid dienone is 2. The monoisotopic (exact) mass is 296 g/mol. The number of esters is 3. The van der Waals surface area contributed by atoms with Crippen LogP contribution in [0.4, 0.5) is 0 Å². The lowest BCUT2D eigenvalue weighted by molar-refractivity contribution is -0.184. The van der Waals surface area contributed by atoms with Crippen molar-refractivity contribution in [2.24, 2.45) is 23.2 Å². The molecule has 0 heterocycles. The summed E-state index contributed by atoms with van der Waals surface area (Å²) in [5, 5.41) is 0. The maximum absolute atomic E-state index is 12.5. The zero-order valence-electron chi connectivity index (χ0n) is 12.5. The van der Waals surface area contributed by atoms with Crippen molar-refractivity contribution in [3.8, 4) is 0 Å². The molecule has 0 aromatic carbocycles. The van der Waals surface area contributed by atoms with Crippen LogP contribution in [-0.4, -0.2) is 38.2 Å². The molecular formula is C15H20O6. The Morgan fingerprint density at radius 1 is 1.10 bits per heavy atom. The molecule has 2 aliphatic rings. The number of fused-ring (bicyclic) bond motifs is 2. The van der Waals surface area contributed by atoms with Gasteiger partial charge in [-0.05, 0) is 26.2 Å². The molecule has 21 heavy (non-hydrogen) atoms. The highest BCUT2D eigenvalue weighted by atomic mass is 16.6. The van der Waals surface area contributed by atoms with Crippen LogP contribution in [-0.2, 0) is 28.6 Å². The highest BCUT2D eigenvalue weighted by molar-refractivity contribution is 6.05. The van der Waals surface area contributed by atoms with Crippen molar-refractivity contribution in [3.63, 3.8) is 0 Å². The number of carbonyl (C=O) groups excluding carboxylic acids is 3. The van der Waals surface area contributed by atoms with Crippen molar-refractivity contribution in [2.45, 2.75) is 20.3 Å². The first-order chi connectivity index (χ1) is 10.0. The summed E-state index contributed by atoms with van der Waals surface area (Å²) in [6.07, 6.45) is 4.22. The van der Waals surface area contributed by atoms with Crippen molar-refractivity contribution < 1.29 is 28.6 Å². The highest BCUT2D eigenvalue weighted by Gasteiger charge is 2.69. The van der Waals surface area contributed by atoms with E-state index in [0.717, 1.165) is 0 Å². The third-order valence-corrected chi connectivity index (χ3v) is 4.30. The molecule has 0 aliphatic heterocycles. The Hall–Kier alpha value is -1.85. The maximum atomic E-state index is 12.5. The second-order valence-electron chi connectivity index (χ2n) is 5.20. The van der Waals surface area contributed by atoms with E-state index in [-0.39, 0.29) is 25.0 Å². The van der Waals surface area contributed by atoms with Crippen LogP contribution in [0.25, 0.3) is 0 Å². The second kappa shape index (κ2) is 5.87. The summed E-state index contributed by atoms with van der Waals surface area (Å²) in [7, 11) is 1.25. The van der Waals surface area contributed by atoms with Crippen LogP contribution in [0.15, 0.2) is 12.2 Å². The maximum Gasteiger partial charge on any atom is 0.325 e. The van der Waals surface area contributed by atoms with E-state index >= 15 is 0 Å². The van der Waals surface area contributed by atoms with Crippen LogP contribution in [0.3, 0.4) is 0 Å². The summed E-state index contributed by atoms with van der Waals surface area (Å²) in [6.45, 7) is 3.59. The number of rotatable bonds is 5. The Kier molecular flexibility index (Phi) is 4.34. The molecule has 0 aromatic rings. The zero-order valence-corrected chi connectivity index (χ0v) is 12.5. The van der Waals surface area contributed by atoms with Crippen LogP contribution in [0, 0.1) is 23.2 Å². The van der Waals surface area contributed by atoms with E-state index < -0.39 is 29.2 Å². The molecule has 2 aliphatic carbocycles. The number of methoxy groups -OCH3 is 1. The molecule has 0 unspecified atom stereocenters. The van der Waals surface area contributed by atoms with Gasteiger partial charge in [-0.3, -0.25) is 14.4 Å². The molecule has 0 aromatic heterocycles. The van der Waals surface area contributed by atoms with E-state index in [9.17, 15) is 14.4 Å². The number of ether oxygens (including phenoxy) is 3. The minimum Gasteiger partial charge on any atom is -0.469 e. The molecule has 3 atom stereocenters. The van der Waals surface area contributed by atoms with Gasteiger partial charge in [-0.2, -0.15) is 0 Å². The van der Waals surface area contributed by atoms with Gasteiger partial charge in [0.15, 0.2) is 5.41 Å². The highest BCUT2D eigenvalue weighted by Crippen LogP contribution is 2.58. The molecule has 116 valence electrons. The van der Waals surface area contributed by atoms with Crippen LogP contribution >= 0.6 is 0 Å². The molecule has 0 N–H and O–H groups in total. The Balaban J connectivity index is 2.51. The third-order valence-electron chi connectivity index (χ3n) is 4.30. The molecule has 1 fully saturated rings. The third kappa shape index (κ3) is 2.13.